The maximum Gasteiger partial charge on any atom is 0.123 e. The largest absolute Gasteiger partial charge is 0.493 e. The summed E-state index contributed by atoms with van der Waals surface area (Å²) in [4.78, 5) is 0. The van der Waals surface area contributed by atoms with Crippen LogP contribution in [0, 0.1) is 0 Å². The summed E-state index contributed by atoms with van der Waals surface area (Å²) in [5, 5.41) is 2.39. The molecule has 0 aliphatic rings. The lowest BCUT2D eigenvalue weighted by atomic mass is 9.76. The van der Waals surface area contributed by atoms with Gasteiger partial charge in [0.15, 0.2) is 0 Å². The Morgan fingerprint density at radius 1 is 0.966 bits per heavy atom. The summed E-state index contributed by atoms with van der Waals surface area (Å²) in [5.41, 5.74) is 4.47. The summed E-state index contributed by atoms with van der Waals surface area (Å²) < 4.78 is 8.47. The number of nitrogens with zero attached hydrogens (tertiary/aromatic N) is 1. The Hall–Kier alpha value is -1.74. The molecule has 0 atom stereocenters. The van der Waals surface area contributed by atoms with Crippen LogP contribution in [-0.2, 0) is 24.4 Å². The van der Waals surface area contributed by atoms with Gasteiger partial charge in [-0.1, -0.05) is 53.7 Å². The Morgan fingerprint density at radius 2 is 1.69 bits per heavy atom. The van der Waals surface area contributed by atoms with Crippen LogP contribution in [-0.4, -0.2) is 17.7 Å². The van der Waals surface area contributed by atoms with Gasteiger partial charge in [0.05, 0.1) is 18.8 Å². The SMILES string of the molecule is CCC(C)(C)c1ccc(OCCCC[NH2+]Cc2cccn2C)c(C(C)(C)CC)c1. The van der Waals surface area contributed by atoms with E-state index >= 15 is 0 Å². The summed E-state index contributed by atoms with van der Waals surface area (Å²) in [6.45, 7) is 16.8. The van der Waals surface area contributed by atoms with Crippen LogP contribution in [0.15, 0.2) is 36.5 Å². The van der Waals surface area contributed by atoms with Gasteiger partial charge in [-0.15, -0.1) is 0 Å². The van der Waals surface area contributed by atoms with Crippen LogP contribution in [0.25, 0.3) is 0 Å². The van der Waals surface area contributed by atoms with Crippen molar-refractivity contribution in [3.05, 3.63) is 53.3 Å². The standard InChI is InChI=1S/C26H42N2O/c1-8-25(3,4)21-14-15-24(23(19-21)26(5,6)9-2)29-18-11-10-16-27-20-22-13-12-17-28(22)7/h12-15,17,19,27H,8-11,16,18,20H2,1-7H3/p+1. The molecule has 1 aromatic heterocycles. The molecule has 0 fully saturated rings. The van der Waals surface area contributed by atoms with Gasteiger partial charge in [-0.05, 0) is 60.3 Å². The molecule has 29 heavy (non-hydrogen) atoms. The van der Waals surface area contributed by atoms with E-state index in [1.165, 1.54) is 23.2 Å². The fourth-order valence-corrected chi connectivity index (χ4v) is 3.53. The molecule has 2 rings (SSSR count). The van der Waals surface area contributed by atoms with Crippen molar-refractivity contribution in [3.8, 4) is 5.75 Å². The molecule has 0 radical (unpaired) electrons. The number of benzene rings is 1. The van der Waals surface area contributed by atoms with Gasteiger partial charge in [0.2, 0.25) is 0 Å². The second-order valence-electron chi connectivity index (χ2n) is 9.63. The zero-order chi connectivity index (χ0) is 21.5. The molecule has 162 valence electrons. The fraction of sp³-hybridized carbons (Fsp3) is 0.615. The van der Waals surface area contributed by atoms with Gasteiger partial charge in [0, 0.05) is 18.8 Å². The number of nitrogens with two attached hydrogens (primary N) is 1. The lowest BCUT2D eigenvalue weighted by molar-refractivity contribution is -0.671. The molecule has 0 saturated carbocycles. The van der Waals surface area contributed by atoms with Crippen molar-refractivity contribution >= 4 is 0 Å². The van der Waals surface area contributed by atoms with Crippen LogP contribution < -0.4 is 10.1 Å². The Kier molecular flexibility index (Phi) is 8.39. The van der Waals surface area contributed by atoms with Crippen LogP contribution in [0.3, 0.4) is 0 Å². The number of ether oxygens (including phenoxy) is 1. The first-order valence-corrected chi connectivity index (χ1v) is 11.4. The molecule has 0 aliphatic carbocycles. The van der Waals surface area contributed by atoms with Gasteiger partial charge >= 0.3 is 0 Å². The van der Waals surface area contributed by atoms with Crippen molar-refractivity contribution in [1.29, 1.82) is 0 Å². The van der Waals surface area contributed by atoms with E-state index in [-0.39, 0.29) is 10.8 Å². The van der Waals surface area contributed by atoms with E-state index < -0.39 is 0 Å². The van der Waals surface area contributed by atoms with Crippen molar-refractivity contribution in [2.45, 2.75) is 84.6 Å². The second kappa shape index (κ2) is 10.3. The molecule has 0 aliphatic heterocycles. The highest BCUT2D eigenvalue weighted by molar-refractivity contribution is 5.44. The number of aromatic nitrogens is 1. The Bertz CT molecular complexity index is 758. The Balaban J connectivity index is 1.89. The topological polar surface area (TPSA) is 30.8 Å². The van der Waals surface area contributed by atoms with E-state index in [9.17, 15) is 0 Å². The number of rotatable bonds is 12. The molecular formula is C26H43N2O+. The van der Waals surface area contributed by atoms with Gasteiger partial charge < -0.3 is 14.6 Å². The van der Waals surface area contributed by atoms with Crippen molar-refractivity contribution in [1.82, 2.24) is 4.57 Å². The molecule has 0 spiro atoms. The summed E-state index contributed by atoms with van der Waals surface area (Å²) in [6.07, 6.45) is 6.63. The number of aryl methyl sites for hydroxylation is 1. The molecule has 0 amide bonds. The Labute approximate surface area is 178 Å². The average Bonchev–Trinajstić information content (AvgIpc) is 3.11. The normalized spacial score (nSPS) is 12.4. The highest BCUT2D eigenvalue weighted by atomic mass is 16.5. The van der Waals surface area contributed by atoms with E-state index in [1.807, 2.05) is 0 Å². The van der Waals surface area contributed by atoms with E-state index in [0.717, 1.165) is 44.7 Å². The molecule has 2 N–H and O–H groups in total. The first-order chi connectivity index (χ1) is 13.7. The van der Waals surface area contributed by atoms with Crippen molar-refractivity contribution < 1.29 is 10.1 Å². The van der Waals surface area contributed by atoms with Gasteiger partial charge in [0.1, 0.15) is 12.3 Å². The van der Waals surface area contributed by atoms with Crippen LogP contribution in [0.1, 0.15) is 84.0 Å². The minimum absolute atomic E-state index is 0.123. The van der Waals surface area contributed by atoms with Crippen LogP contribution in [0.4, 0.5) is 0 Å². The van der Waals surface area contributed by atoms with Crippen molar-refractivity contribution in [3.63, 3.8) is 0 Å². The van der Waals surface area contributed by atoms with E-state index in [2.05, 4.69) is 95.0 Å². The summed E-state index contributed by atoms with van der Waals surface area (Å²) >= 11 is 0. The molecule has 0 saturated heterocycles. The number of unbranched alkanes of at least 4 members (excludes halogenated alkanes) is 1. The molecule has 2 aromatic rings. The highest BCUT2D eigenvalue weighted by Gasteiger charge is 2.26. The lowest BCUT2D eigenvalue weighted by Gasteiger charge is -2.30. The fourth-order valence-electron chi connectivity index (χ4n) is 3.53. The van der Waals surface area contributed by atoms with Gasteiger partial charge in [-0.3, -0.25) is 0 Å². The van der Waals surface area contributed by atoms with Crippen molar-refractivity contribution in [2.24, 2.45) is 7.05 Å². The van der Waals surface area contributed by atoms with Gasteiger partial charge in [-0.2, -0.15) is 0 Å². The predicted molar refractivity (Wildman–Crippen MR) is 124 cm³/mol. The smallest absolute Gasteiger partial charge is 0.123 e. The number of hydrogen-bond acceptors (Lipinski definition) is 1. The van der Waals surface area contributed by atoms with E-state index in [4.69, 9.17) is 4.74 Å². The zero-order valence-electron chi connectivity index (χ0n) is 19.8. The molecule has 1 aromatic carbocycles. The van der Waals surface area contributed by atoms with E-state index in [0.29, 0.717) is 0 Å². The maximum atomic E-state index is 6.28. The van der Waals surface area contributed by atoms with Crippen molar-refractivity contribution in [2.75, 3.05) is 13.2 Å². The average molecular weight is 400 g/mol. The Morgan fingerprint density at radius 3 is 2.31 bits per heavy atom. The maximum absolute atomic E-state index is 6.28. The van der Waals surface area contributed by atoms with E-state index in [1.54, 1.807) is 0 Å². The van der Waals surface area contributed by atoms with Gasteiger partial charge in [0.25, 0.3) is 0 Å². The van der Waals surface area contributed by atoms with Gasteiger partial charge in [-0.25, -0.2) is 0 Å². The second-order valence-corrected chi connectivity index (χ2v) is 9.63. The molecule has 0 bridgehead atoms. The molecular weight excluding hydrogens is 356 g/mol. The third-order valence-electron chi connectivity index (χ3n) is 6.72. The number of hydrogen-bond donors (Lipinski definition) is 1. The first kappa shape index (κ1) is 23.5. The quantitative estimate of drug-likeness (QED) is 0.481. The summed E-state index contributed by atoms with van der Waals surface area (Å²) in [6, 6.07) is 11.2. The van der Waals surface area contributed by atoms with Crippen LogP contribution in [0.5, 0.6) is 5.75 Å². The third-order valence-corrected chi connectivity index (χ3v) is 6.72. The highest BCUT2D eigenvalue weighted by Crippen LogP contribution is 2.38. The van der Waals surface area contributed by atoms with Crippen LogP contribution in [0.2, 0.25) is 0 Å². The minimum atomic E-state index is 0.123. The molecule has 0 unspecified atom stereocenters. The zero-order valence-corrected chi connectivity index (χ0v) is 19.8. The predicted octanol–water partition coefficient (Wildman–Crippen LogP) is 5.32. The molecule has 3 heteroatoms. The van der Waals surface area contributed by atoms with Crippen LogP contribution >= 0.6 is 0 Å². The number of quaternary nitrogens is 1. The molecule has 1 heterocycles. The summed E-state index contributed by atoms with van der Waals surface area (Å²) in [5.74, 6) is 1.07. The monoisotopic (exact) mass is 399 g/mol. The first-order valence-electron chi connectivity index (χ1n) is 11.4. The third kappa shape index (κ3) is 6.37. The molecule has 3 nitrogen and oxygen atoms in total. The minimum Gasteiger partial charge on any atom is -0.493 e. The summed E-state index contributed by atoms with van der Waals surface area (Å²) in [7, 11) is 2.11. The lowest BCUT2D eigenvalue weighted by Crippen LogP contribution is -2.82.